The lowest BCUT2D eigenvalue weighted by Gasteiger charge is -2.08. The van der Waals surface area contributed by atoms with E-state index < -0.39 is 14.7 Å². The van der Waals surface area contributed by atoms with Gasteiger partial charge in [-0.05, 0) is 0 Å². The van der Waals surface area contributed by atoms with Crippen molar-refractivity contribution in [3.05, 3.63) is 0 Å². The Morgan fingerprint density at radius 1 is 1.62 bits per heavy atom. The van der Waals surface area contributed by atoms with Crippen LogP contribution in [0, 0.1) is 0 Å². The first kappa shape index (κ1) is 8.98. The molecule has 1 unspecified atom stereocenters. The Balaban J connectivity index is 3.91. The van der Waals surface area contributed by atoms with Crippen LogP contribution >= 0.6 is 34.8 Å². The Morgan fingerprint density at radius 2 is 2.00 bits per heavy atom. The monoisotopic (exact) mass is 196 g/mol. The molecule has 0 aromatic heterocycles. The molecule has 0 amide bonds. The van der Waals surface area contributed by atoms with E-state index in [1.54, 1.807) is 0 Å². The minimum Gasteiger partial charge on any atom is -0.304 e. The third-order valence-electron chi connectivity index (χ3n) is 0.411. The Labute approximate surface area is 64.4 Å². The van der Waals surface area contributed by atoms with Gasteiger partial charge in [-0.15, -0.1) is 11.6 Å². The highest BCUT2D eigenvalue weighted by atomic mass is 35.5. The molecule has 0 bridgehead atoms. The molecule has 0 aromatic carbocycles. The molecular weight excluding hydrogens is 194 g/mol. The van der Waals surface area contributed by atoms with Gasteiger partial charge in [0, 0.05) is 0 Å². The first-order valence-electron chi connectivity index (χ1n) is 1.55. The van der Waals surface area contributed by atoms with Gasteiger partial charge in [-0.2, -0.15) is 0 Å². The van der Waals surface area contributed by atoms with Crippen LogP contribution in [0.25, 0.3) is 0 Å². The number of hydrogen-bond acceptors (Lipinski definition) is 1. The van der Waals surface area contributed by atoms with Gasteiger partial charge in [0.2, 0.25) is 3.67 Å². The Bertz CT molecular complexity index is 103. The zero-order chi connectivity index (χ0) is 6.78. The number of hydrogen-bond donors (Lipinski definition) is 1. The zero-order valence-corrected chi connectivity index (χ0v) is 6.69. The largest absolute Gasteiger partial charge is 0.304 e. The predicted molar refractivity (Wildman–Crippen MR) is 35.9 cm³/mol. The summed E-state index contributed by atoms with van der Waals surface area (Å²) in [6.45, 7) is 0. The standard InChI is InChI=1S/C2H3Cl3O2S/c3-1-2(4,5)8(6)7/h1H2,(H,6,7). The van der Waals surface area contributed by atoms with Crippen molar-refractivity contribution >= 4 is 45.9 Å². The number of alkyl halides is 3. The zero-order valence-electron chi connectivity index (χ0n) is 3.60. The van der Waals surface area contributed by atoms with Crippen LogP contribution in [0.5, 0.6) is 0 Å². The van der Waals surface area contributed by atoms with Crippen LogP contribution in [0.4, 0.5) is 0 Å². The van der Waals surface area contributed by atoms with Crippen molar-refractivity contribution in [2.45, 2.75) is 3.67 Å². The van der Waals surface area contributed by atoms with Crippen LogP contribution in [-0.2, 0) is 11.1 Å². The molecule has 6 heteroatoms. The Kier molecular flexibility index (Phi) is 3.62. The van der Waals surface area contributed by atoms with Crippen LogP contribution in [0.1, 0.15) is 0 Å². The molecule has 0 aromatic rings. The molecule has 0 spiro atoms. The van der Waals surface area contributed by atoms with E-state index in [0.717, 1.165) is 0 Å². The highest BCUT2D eigenvalue weighted by Crippen LogP contribution is 2.25. The molecule has 8 heavy (non-hydrogen) atoms. The molecule has 1 N–H and O–H groups in total. The van der Waals surface area contributed by atoms with Crippen LogP contribution in [0.15, 0.2) is 0 Å². The van der Waals surface area contributed by atoms with Crippen LogP contribution in [-0.4, -0.2) is 18.3 Å². The van der Waals surface area contributed by atoms with Gasteiger partial charge in [0.05, 0.1) is 5.88 Å². The highest BCUT2D eigenvalue weighted by Gasteiger charge is 2.29. The smallest absolute Gasteiger partial charge is 0.230 e. The van der Waals surface area contributed by atoms with Crippen molar-refractivity contribution in [2.75, 3.05) is 5.88 Å². The molecule has 2 nitrogen and oxygen atoms in total. The van der Waals surface area contributed by atoms with Crippen LogP contribution in [0.2, 0.25) is 0 Å². The average molecular weight is 197 g/mol. The van der Waals surface area contributed by atoms with E-state index >= 15 is 0 Å². The summed E-state index contributed by atoms with van der Waals surface area (Å²) in [5.74, 6) is -0.265. The average Bonchev–Trinajstić information content (AvgIpc) is 1.67. The second-order valence-electron chi connectivity index (χ2n) is 1.02. The summed E-state index contributed by atoms with van der Waals surface area (Å²) in [6.07, 6.45) is 0. The van der Waals surface area contributed by atoms with Gasteiger partial charge >= 0.3 is 0 Å². The van der Waals surface area contributed by atoms with Gasteiger partial charge < -0.3 is 4.55 Å². The molecule has 0 fully saturated rings. The van der Waals surface area contributed by atoms with Crippen molar-refractivity contribution in [3.63, 3.8) is 0 Å². The van der Waals surface area contributed by atoms with Crippen molar-refractivity contribution < 1.29 is 8.76 Å². The lowest BCUT2D eigenvalue weighted by atomic mass is 10.9. The van der Waals surface area contributed by atoms with Crippen molar-refractivity contribution in [1.82, 2.24) is 0 Å². The summed E-state index contributed by atoms with van der Waals surface area (Å²) >= 11 is 13.1. The Hall–Kier alpha value is 0.980. The third-order valence-corrected chi connectivity index (χ3v) is 2.96. The predicted octanol–water partition coefficient (Wildman–Crippen LogP) is 1.58. The normalized spacial score (nSPS) is 16.0. The van der Waals surface area contributed by atoms with E-state index in [-0.39, 0.29) is 5.88 Å². The van der Waals surface area contributed by atoms with E-state index in [2.05, 4.69) is 0 Å². The second kappa shape index (κ2) is 3.22. The summed E-state index contributed by atoms with van der Waals surface area (Å²) in [5.41, 5.74) is 0. The van der Waals surface area contributed by atoms with E-state index in [1.165, 1.54) is 0 Å². The Morgan fingerprint density at radius 3 is 2.00 bits per heavy atom. The summed E-state index contributed by atoms with van der Waals surface area (Å²) in [4.78, 5) is 0. The summed E-state index contributed by atoms with van der Waals surface area (Å²) in [6, 6.07) is 0. The minimum absolute atomic E-state index is 0.265. The van der Waals surface area contributed by atoms with Crippen LogP contribution < -0.4 is 0 Å². The van der Waals surface area contributed by atoms with Crippen LogP contribution in [0.3, 0.4) is 0 Å². The molecule has 0 heterocycles. The SMILES string of the molecule is O=S(O)C(Cl)(Cl)CCl. The number of rotatable bonds is 2. The molecular formula is C2H3Cl3O2S. The molecule has 0 aliphatic rings. The molecule has 0 aliphatic heterocycles. The first-order chi connectivity index (χ1) is 3.50. The number of halogens is 3. The van der Waals surface area contributed by atoms with Gasteiger partial charge in [0.25, 0.3) is 0 Å². The van der Waals surface area contributed by atoms with Crippen molar-refractivity contribution in [2.24, 2.45) is 0 Å². The fraction of sp³-hybridized carbons (Fsp3) is 1.00. The molecule has 0 radical (unpaired) electrons. The highest BCUT2D eigenvalue weighted by molar-refractivity contribution is 7.84. The summed E-state index contributed by atoms with van der Waals surface area (Å²) in [7, 11) is 0. The lowest BCUT2D eigenvalue weighted by Crippen LogP contribution is -2.20. The lowest BCUT2D eigenvalue weighted by molar-refractivity contribution is 0.559. The van der Waals surface area contributed by atoms with Gasteiger partial charge in [-0.3, -0.25) is 0 Å². The van der Waals surface area contributed by atoms with Gasteiger partial charge in [-0.1, -0.05) is 23.2 Å². The maximum absolute atomic E-state index is 10.0. The summed E-state index contributed by atoms with van der Waals surface area (Å²) in [5, 5.41) is 0. The first-order valence-corrected chi connectivity index (χ1v) is 3.95. The molecule has 0 saturated heterocycles. The van der Waals surface area contributed by atoms with Gasteiger partial charge in [-0.25, -0.2) is 4.21 Å². The molecule has 0 aliphatic carbocycles. The van der Waals surface area contributed by atoms with Gasteiger partial charge in [0.15, 0.2) is 11.1 Å². The topological polar surface area (TPSA) is 37.3 Å². The quantitative estimate of drug-likeness (QED) is 0.539. The van der Waals surface area contributed by atoms with Crippen molar-refractivity contribution in [1.29, 1.82) is 0 Å². The minimum atomic E-state index is -2.28. The van der Waals surface area contributed by atoms with Crippen molar-refractivity contribution in [3.8, 4) is 0 Å². The third kappa shape index (κ3) is 2.51. The molecule has 1 atom stereocenters. The summed E-state index contributed by atoms with van der Waals surface area (Å²) < 4.78 is 16.5. The molecule has 50 valence electrons. The van der Waals surface area contributed by atoms with E-state index in [1.807, 2.05) is 0 Å². The van der Waals surface area contributed by atoms with E-state index in [4.69, 9.17) is 39.4 Å². The molecule has 0 saturated carbocycles. The molecule has 0 rings (SSSR count). The maximum atomic E-state index is 10.0. The van der Waals surface area contributed by atoms with E-state index in [0.29, 0.717) is 0 Å². The van der Waals surface area contributed by atoms with Gasteiger partial charge in [0.1, 0.15) is 0 Å². The fourth-order valence-electron chi connectivity index (χ4n) is 0.0467. The second-order valence-corrected chi connectivity index (χ2v) is 4.41. The fourth-order valence-corrected chi connectivity index (χ4v) is 0.420. The van der Waals surface area contributed by atoms with E-state index in [9.17, 15) is 4.21 Å². The maximum Gasteiger partial charge on any atom is 0.230 e.